The van der Waals surface area contributed by atoms with E-state index in [4.69, 9.17) is 9.47 Å². The number of carbonyl (C=O) groups is 1. The maximum atomic E-state index is 11.5. The molecule has 1 atom stereocenters. The maximum Gasteiger partial charge on any atom is 0.412 e. The highest BCUT2D eigenvalue weighted by molar-refractivity contribution is 5.73. The molecule has 5 N–H and O–H groups in total. The second-order valence-electron chi connectivity index (χ2n) is 5.89. The Bertz CT molecular complexity index is 827. The van der Waals surface area contributed by atoms with Crippen molar-refractivity contribution in [2.75, 3.05) is 6.54 Å². The molecule has 1 heterocycles. The molecule has 0 spiro atoms. The highest BCUT2D eigenvalue weighted by Crippen LogP contribution is 2.44. The number of benzene rings is 2. The lowest BCUT2D eigenvalue weighted by Gasteiger charge is -2.27. The van der Waals surface area contributed by atoms with E-state index in [0.29, 0.717) is 36.3 Å². The molecule has 8 heteroatoms. The van der Waals surface area contributed by atoms with Gasteiger partial charge in [-0.3, -0.25) is 0 Å². The zero-order chi connectivity index (χ0) is 18.8. The first-order valence-electron chi connectivity index (χ1n) is 8.12. The van der Waals surface area contributed by atoms with E-state index >= 15 is 0 Å². The Morgan fingerprint density at radius 1 is 1.15 bits per heavy atom. The fourth-order valence-electron chi connectivity index (χ4n) is 2.88. The number of fused-ring (bicyclic) bond motifs is 1. The second kappa shape index (κ2) is 6.91. The minimum Gasteiger partial charge on any atom is -0.508 e. The van der Waals surface area contributed by atoms with Crippen molar-refractivity contribution in [2.24, 2.45) is 0 Å². The molecular formula is C18H19NO7. The van der Waals surface area contributed by atoms with Crippen LogP contribution in [0, 0.1) is 0 Å². The van der Waals surface area contributed by atoms with Crippen molar-refractivity contribution in [3.63, 3.8) is 0 Å². The van der Waals surface area contributed by atoms with Crippen molar-refractivity contribution in [3.8, 4) is 34.5 Å². The predicted molar refractivity (Wildman–Crippen MR) is 90.9 cm³/mol. The number of phenolic OH excluding ortho intramolecular Hbond substituents is 4. The minimum absolute atomic E-state index is 0.0465. The summed E-state index contributed by atoms with van der Waals surface area (Å²) in [7, 11) is 0. The number of amides is 1. The van der Waals surface area contributed by atoms with Crippen molar-refractivity contribution in [3.05, 3.63) is 35.4 Å². The van der Waals surface area contributed by atoms with Crippen LogP contribution in [0.1, 0.15) is 30.6 Å². The molecule has 26 heavy (non-hydrogen) atoms. The van der Waals surface area contributed by atoms with Gasteiger partial charge in [0.15, 0.2) is 11.5 Å². The summed E-state index contributed by atoms with van der Waals surface area (Å²) >= 11 is 0. The van der Waals surface area contributed by atoms with Gasteiger partial charge in [-0.15, -0.1) is 0 Å². The predicted octanol–water partition coefficient (Wildman–Crippen LogP) is 2.68. The van der Waals surface area contributed by atoms with E-state index in [0.717, 1.165) is 0 Å². The molecule has 2 aromatic carbocycles. The summed E-state index contributed by atoms with van der Waals surface area (Å²) in [6, 6.07) is 5.32. The average molecular weight is 361 g/mol. The molecule has 3 rings (SSSR count). The minimum atomic E-state index is -0.792. The lowest BCUT2D eigenvalue weighted by Crippen LogP contribution is -2.26. The molecule has 0 aliphatic carbocycles. The van der Waals surface area contributed by atoms with Crippen molar-refractivity contribution in [1.29, 1.82) is 0 Å². The van der Waals surface area contributed by atoms with E-state index in [1.54, 1.807) is 6.92 Å². The first kappa shape index (κ1) is 17.5. The van der Waals surface area contributed by atoms with Gasteiger partial charge in [0.25, 0.3) is 0 Å². The van der Waals surface area contributed by atoms with Crippen LogP contribution in [-0.4, -0.2) is 33.1 Å². The summed E-state index contributed by atoms with van der Waals surface area (Å²) in [5.74, 6) is -0.988. The monoisotopic (exact) mass is 361 g/mol. The largest absolute Gasteiger partial charge is 0.508 e. The van der Waals surface area contributed by atoms with Crippen LogP contribution in [0.25, 0.3) is 0 Å². The van der Waals surface area contributed by atoms with Crippen LogP contribution in [0.4, 0.5) is 4.79 Å². The van der Waals surface area contributed by atoms with Gasteiger partial charge in [0, 0.05) is 24.2 Å². The number of ether oxygens (including phenoxy) is 2. The topological polar surface area (TPSA) is 128 Å². The summed E-state index contributed by atoms with van der Waals surface area (Å²) < 4.78 is 10.7. The van der Waals surface area contributed by atoms with E-state index in [1.165, 1.54) is 24.3 Å². The van der Waals surface area contributed by atoms with E-state index in [1.807, 2.05) is 0 Å². The molecule has 1 aliphatic rings. The van der Waals surface area contributed by atoms with E-state index in [2.05, 4.69) is 5.32 Å². The zero-order valence-corrected chi connectivity index (χ0v) is 14.0. The van der Waals surface area contributed by atoms with Crippen LogP contribution < -0.4 is 14.8 Å². The Labute approximate surface area is 149 Å². The van der Waals surface area contributed by atoms with Gasteiger partial charge in [0.2, 0.25) is 5.75 Å². The third-order valence-electron chi connectivity index (χ3n) is 4.06. The quantitative estimate of drug-likeness (QED) is 0.568. The number of nitrogens with one attached hydrogen (secondary N) is 1. The smallest absolute Gasteiger partial charge is 0.412 e. The Kier molecular flexibility index (Phi) is 4.66. The van der Waals surface area contributed by atoms with Crippen LogP contribution in [0.5, 0.6) is 34.5 Å². The SMILES string of the molecule is CCNC(=O)Oc1c(O)cc(C2CCc3c(O)cc(O)cc3O2)cc1O. The highest BCUT2D eigenvalue weighted by atomic mass is 16.6. The van der Waals surface area contributed by atoms with Crippen molar-refractivity contribution >= 4 is 6.09 Å². The molecule has 1 unspecified atom stereocenters. The molecule has 0 saturated heterocycles. The standard InChI is InChI=1S/C18H19NO7/c1-2-19-18(24)26-17-13(22)5-9(6-14(17)23)15-4-3-11-12(21)7-10(20)8-16(11)25-15/h5-8,15,20-23H,2-4H2,1H3,(H,19,24). The lowest BCUT2D eigenvalue weighted by atomic mass is 9.96. The molecule has 0 fully saturated rings. The van der Waals surface area contributed by atoms with E-state index < -0.39 is 23.7 Å². The van der Waals surface area contributed by atoms with Gasteiger partial charge >= 0.3 is 6.09 Å². The Morgan fingerprint density at radius 2 is 1.85 bits per heavy atom. The Morgan fingerprint density at radius 3 is 2.50 bits per heavy atom. The van der Waals surface area contributed by atoms with Gasteiger partial charge in [0.1, 0.15) is 23.4 Å². The summed E-state index contributed by atoms with van der Waals surface area (Å²) in [5.41, 5.74) is 1.06. The van der Waals surface area contributed by atoms with Crippen LogP contribution in [0.15, 0.2) is 24.3 Å². The van der Waals surface area contributed by atoms with Gasteiger partial charge in [-0.1, -0.05) is 0 Å². The third-order valence-corrected chi connectivity index (χ3v) is 4.06. The molecule has 0 aromatic heterocycles. The molecule has 2 aromatic rings. The first-order valence-corrected chi connectivity index (χ1v) is 8.12. The van der Waals surface area contributed by atoms with Crippen LogP contribution in [0.2, 0.25) is 0 Å². The molecule has 8 nitrogen and oxygen atoms in total. The molecule has 0 saturated carbocycles. The lowest BCUT2D eigenvalue weighted by molar-refractivity contribution is 0.172. The van der Waals surface area contributed by atoms with Crippen LogP contribution >= 0.6 is 0 Å². The molecule has 0 bridgehead atoms. The molecular weight excluding hydrogens is 342 g/mol. The number of hydrogen-bond donors (Lipinski definition) is 5. The van der Waals surface area contributed by atoms with Crippen molar-refractivity contribution in [1.82, 2.24) is 5.32 Å². The Balaban J connectivity index is 1.85. The van der Waals surface area contributed by atoms with Gasteiger partial charge in [-0.25, -0.2) is 4.79 Å². The van der Waals surface area contributed by atoms with Crippen molar-refractivity contribution in [2.45, 2.75) is 25.9 Å². The normalized spacial score (nSPS) is 15.7. The maximum absolute atomic E-state index is 11.5. The number of hydrogen-bond acceptors (Lipinski definition) is 7. The summed E-state index contributed by atoms with van der Waals surface area (Å²) in [6.07, 6.45) is -0.329. The summed E-state index contributed by atoms with van der Waals surface area (Å²) in [6.45, 7) is 2.05. The molecule has 138 valence electrons. The molecule has 0 radical (unpaired) electrons. The average Bonchev–Trinajstić information content (AvgIpc) is 2.57. The number of aromatic hydroxyl groups is 4. The van der Waals surface area contributed by atoms with Gasteiger partial charge in [-0.2, -0.15) is 0 Å². The van der Waals surface area contributed by atoms with Crippen LogP contribution in [-0.2, 0) is 6.42 Å². The highest BCUT2D eigenvalue weighted by Gasteiger charge is 2.26. The third kappa shape index (κ3) is 3.39. The summed E-state index contributed by atoms with van der Waals surface area (Å²) in [4.78, 5) is 11.5. The summed E-state index contributed by atoms with van der Waals surface area (Å²) in [5, 5.41) is 42.1. The fraction of sp³-hybridized carbons (Fsp3) is 0.278. The van der Waals surface area contributed by atoms with Crippen LogP contribution in [0.3, 0.4) is 0 Å². The molecule has 1 amide bonds. The van der Waals surface area contributed by atoms with Gasteiger partial charge in [0.05, 0.1) is 0 Å². The first-order chi connectivity index (χ1) is 12.4. The van der Waals surface area contributed by atoms with Gasteiger partial charge in [-0.05, 0) is 37.5 Å². The zero-order valence-electron chi connectivity index (χ0n) is 14.0. The Hall–Kier alpha value is -3.29. The van der Waals surface area contributed by atoms with E-state index in [9.17, 15) is 25.2 Å². The fourth-order valence-corrected chi connectivity index (χ4v) is 2.88. The number of carbonyl (C=O) groups excluding carboxylic acids is 1. The van der Waals surface area contributed by atoms with Crippen molar-refractivity contribution < 1.29 is 34.7 Å². The van der Waals surface area contributed by atoms with Gasteiger partial charge < -0.3 is 35.2 Å². The molecule has 1 aliphatic heterocycles. The number of phenols is 4. The second-order valence-corrected chi connectivity index (χ2v) is 5.89. The van der Waals surface area contributed by atoms with E-state index in [-0.39, 0.29) is 17.2 Å². The number of rotatable bonds is 3.